The molecule has 0 radical (unpaired) electrons. The lowest BCUT2D eigenvalue weighted by molar-refractivity contribution is 0.192. The van der Waals surface area contributed by atoms with E-state index in [9.17, 15) is 26.7 Å². The highest BCUT2D eigenvalue weighted by atomic mass is 32.2. The molecular weight excluding hydrogens is 967 g/mol. The first-order valence-electron chi connectivity index (χ1n) is 23.2. The first-order chi connectivity index (χ1) is 34.4. The maximum atomic E-state index is 13.5. The summed E-state index contributed by atoms with van der Waals surface area (Å²) in [7, 11) is -2.67. The van der Waals surface area contributed by atoms with E-state index in [0.29, 0.717) is 67.3 Å². The number of hydrogen-bond acceptors (Lipinski definition) is 17. The van der Waals surface area contributed by atoms with Crippen molar-refractivity contribution in [2.24, 2.45) is 7.05 Å². The molecule has 0 amide bonds. The fourth-order valence-electron chi connectivity index (χ4n) is 7.57. The molecule has 0 atom stereocenters. The number of para-hydroxylation sites is 2. The van der Waals surface area contributed by atoms with Crippen LogP contribution in [0.5, 0.6) is 28.9 Å². The Morgan fingerprint density at radius 2 is 1.49 bits per heavy atom. The number of benzene rings is 3. The summed E-state index contributed by atoms with van der Waals surface area (Å²) in [6.45, 7) is 12.1. The van der Waals surface area contributed by atoms with Crippen molar-refractivity contribution >= 4 is 36.9 Å². The Labute approximate surface area is 418 Å². The van der Waals surface area contributed by atoms with Crippen molar-refractivity contribution in [2.75, 3.05) is 64.9 Å². The molecule has 1 fully saturated rings. The third kappa shape index (κ3) is 12.0. The zero-order chi connectivity index (χ0) is 51.8. The summed E-state index contributed by atoms with van der Waals surface area (Å²) in [5.74, 6) is 0.988. The summed E-state index contributed by atoms with van der Waals surface area (Å²) in [5, 5.41) is 13.8. The lowest BCUT2D eigenvalue weighted by Crippen LogP contribution is -2.47. The summed E-state index contributed by atoms with van der Waals surface area (Å²) in [5.41, 5.74) is 2.57. The maximum Gasteiger partial charge on any atom is 0.277 e. The molecule has 72 heavy (non-hydrogen) atoms. The zero-order valence-corrected chi connectivity index (χ0v) is 43.0. The number of piperazine rings is 1. The standard InChI is InChI=1S/C27H29N5O6S.C22H30N6O4S/c1-27(2,3)18-10-12-19(13-11-18)39(34,35)32-23-22(38-21-9-6-5-8-20(21)36-4)26(37-17-16-33)31-25(30-23)24-28-14-7-15-29-24;1-5-7-17-19-20(27(4)25-17)22(29)24-21(23-19)16-14-15(8-9-18(16)32-6-2)33(30,31)28-12-10-26(3)11-13-28/h5-15,33H,16-17H2,1-4H3,(H,30,31,32);8-9,14H,5-7,10-13H2,1-4H3,(H,23,24,29). The van der Waals surface area contributed by atoms with E-state index >= 15 is 0 Å². The van der Waals surface area contributed by atoms with Gasteiger partial charge in [0, 0.05) is 45.6 Å². The molecule has 0 aliphatic carbocycles. The molecule has 3 aromatic carbocycles. The minimum atomic E-state index is -4.14. The number of sulfonamides is 2. The monoisotopic (exact) mass is 1030 g/mol. The van der Waals surface area contributed by atoms with Crippen LogP contribution < -0.4 is 29.2 Å². The van der Waals surface area contributed by atoms with E-state index in [1.165, 1.54) is 40.6 Å². The number of aliphatic hydroxyl groups excluding tert-OH is 1. The van der Waals surface area contributed by atoms with Crippen molar-refractivity contribution in [3.8, 4) is 51.9 Å². The number of H-pyrrole nitrogens is 1. The maximum absolute atomic E-state index is 13.5. The van der Waals surface area contributed by atoms with Gasteiger partial charge in [-0.2, -0.15) is 14.4 Å². The molecule has 5 heterocycles. The van der Waals surface area contributed by atoms with Crippen molar-refractivity contribution in [1.82, 2.24) is 48.9 Å². The molecule has 23 heteroatoms. The van der Waals surface area contributed by atoms with Crippen LogP contribution in [0.15, 0.2) is 99.8 Å². The molecule has 7 aromatic rings. The van der Waals surface area contributed by atoms with Crippen molar-refractivity contribution in [3.63, 3.8) is 0 Å². The number of aromatic amines is 1. The Morgan fingerprint density at radius 1 is 0.806 bits per heavy atom. The van der Waals surface area contributed by atoms with Gasteiger partial charge in [-0.15, -0.1) is 0 Å². The number of aromatic nitrogens is 8. The Hall–Kier alpha value is -7.05. The lowest BCUT2D eigenvalue weighted by atomic mass is 9.87. The summed E-state index contributed by atoms with van der Waals surface area (Å²) in [4.78, 5) is 39.8. The number of likely N-dealkylation sites (N-methyl/N-ethyl adjacent to an activating group) is 1. The fraction of sp³-hybridized carbons (Fsp3) is 0.367. The average molecular weight is 1030 g/mol. The summed E-state index contributed by atoms with van der Waals surface area (Å²) >= 11 is 0. The van der Waals surface area contributed by atoms with Gasteiger partial charge in [0.25, 0.3) is 21.5 Å². The van der Waals surface area contributed by atoms with Gasteiger partial charge in [0.1, 0.15) is 23.7 Å². The highest BCUT2D eigenvalue weighted by molar-refractivity contribution is 7.92. The number of ether oxygens (including phenoxy) is 4. The van der Waals surface area contributed by atoms with Crippen LogP contribution in [0.3, 0.4) is 0 Å². The van der Waals surface area contributed by atoms with Gasteiger partial charge in [-0.25, -0.2) is 36.8 Å². The number of anilines is 1. The topological polar surface area (TPSA) is 259 Å². The number of fused-ring (bicyclic) bond motifs is 1. The number of nitrogens with zero attached hydrogens (tertiary/aromatic N) is 9. The Balaban J connectivity index is 0.000000214. The van der Waals surface area contributed by atoms with Crippen molar-refractivity contribution < 1.29 is 40.9 Å². The quantitative estimate of drug-likeness (QED) is 0.0971. The number of hydrogen-bond donors (Lipinski definition) is 3. The van der Waals surface area contributed by atoms with Gasteiger partial charge in [0.15, 0.2) is 28.7 Å². The molecule has 8 rings (SSSR count). The van der Waals surface area contributed by atoms with Crippen molar-refractivity contribution in [3.05, 3.63) is 107 Å². The van der Waals surface area contributed by atoms with E-state index in [1.54, 1.807) is 67.7 Å². The Bertz CT molecular complexity index is 3290. The van der Waals surface area contributed by atoms with Crippen LogP contribution in [-0.2, 0) is 38.9 Å². The predicted molar refractivity (Wildman–Crippen MR) is 271 cm³/mol. The molecule has 1 aliphatic heterocycles. The van der Waals surface area contributed by atoms with Gasteiger partial charge in [0.2, 0.25) is 21.6 Å². The number of nitrogens with one attached hydrogen (secondary N) is 2. The highest BCUT2D eigenvalue weighted by Gasteiger charge is 2.30. The molecule has 382 valence electrons. The Kier molecular flexibility index (Phi) is 16.5. The smallest absolute Gasteiger partial charge is 0.277 e. The predicted octanol–water partition coefficient (Wildman–Crippen LogP) is 5.81. The minimum Gasteiger partial charge on any atom is -0.493 e. The van der Waals surface area contributed by atoms with Crippen LogP contribution in [-0.4, -0.2) is 131 Å². The Morgan fingerprint density at radius 3 is 2.12 bits per heavy atom. The largest absolute Gasteiger partial charge is 0.493 e. The normalized spacial score (nSPS) is 13.6. The van der Waals surface area contributed by atoms with Crippen LogP contribution in [0, 0.1) is 0 Å². The second-order valence-electron chi connectivity index (χ2n) is 17.5. The summed E-state index contributed by atoms with van der Waals surface area (Å²) < 4.78 is 82.0. The van der Waals surface area contributed by atoms with E-state index in [-0.39, 0.29) is 74.6 Å². The number of aryl methyl sites for hydroxylation is 2. The molecule has 0 bridgehead atoms. The van der Waals surface area contributed by atoms with Gasteiger partial charge in [0.05, 0.1) is 41.4 Å². The van der Waals surface area contributed by atoms with Gasteiger partial charge in [-0.05, 0) is 79.9 Å². The molecule has 21 nitrogen and oxygen atoms in total. The zero-order valence-electron chi connectivity index (χ0n) is 41.4. The molecule has 1 aliphatic rings. The molecule has 3 N–H and O–H groups in total. The van der Waals surface area contributed by atoms with Gasteiger partial charge in [-0.3, -0.25) is 14.2 Å². The fourth-order valence-corrected chi connectivity index (χ4v) is 10.0. The van der Waals surface area contributed by atoms with Crippen LogP contribution in [0.25, 0.3) is 34.1 Å². The number of aliphatic hydroxyl groups is 1. The van der Waals surface area contributed by atoms with Crippen LogP contribution in [0.4, 0.5) is 5.82 Å². The van der Waals surface area contributed by atoms with Crippen molar-refractivity contribution in [1.29, 1.82) is 0 Å². The molecule has 4 aromatic heterocycles. The molecule has 0 saturated carbocycles. The first kappa shape index (κ1) is 52.8. The second kappa shape index (κ2) is 22.6. The molecule has 1 saturated heterocycles. The van der Waals surface area contributed by atoms with E-state index in [2.05, 4.69) is 39.6 Å². The second-order valence-corrected chi connectivity index (χ2v) is 21.2. The van der Waals surface area contributed by atoms with Crippen LogP contribution in [0.2, 0.25) is 0 Å². The van der Waals surface area contributed by atoms with Crippen LogP contribution >= 0.6 is 0 Å². The average Bonchev–Trinajstić information content (AvgIpc) is 3.69. The van der Waals surface area contributed by atoms with Gasteiger partial charge < -0.3 is 33.9 Å². The van der Waals surface area contributed by atoms with Crippen LogP contribution in [0.1, 0.15) is 52.3 Å². The van der Waals surface area contributed by atoms with E-state index < -0.39 is 20.0 Å². The summed E-state index contributed by atoms with van der Waals surface area (Å²) in [6.07, 6.45) is 4.54. The lowest BCUT2D eigenvalue weighted by Gasteiger charge is -2.31. The first-order valence-corrected chi connectivity index (χ1v) is 26.1. The van der Waals surface area contributed by atoms with Crippen molar-refractivity contribution in [2.45, 2.75) is 62.7 Å². The third-order valence-corrected chi connectivity index (χ3v) is 14.6. The SMILES string of the molecule is CCCc1nn(C)c2c(=O)[nH]c(-c3cc(S(=O)(=O)N4CCN(C)CC4)ccc3OCC)nc12.COc1ccccc1Oc1c(NS(=O)(=O)c2ccc(C(C)(C)C)cc2)nc(-c2ncccn2)nc1OCCO. The van der Waals surface area contributed by atoms with E-state index in [0.717, 1.165) is 17.7 Å². The third-order valence-electron chi connectivity index (χ3n) is 11.3. The summed E-state index contributed by atoms with van der Waals surface area (Å²) in [6, 6.07) is 19.7. The number of methoxy groups -OCH3 is 1. The molecule has 0 spiro atoms. The molecular formula is C49H59N11O10S2. The van der Waals surface area contributed by atoms with E-state index in [1.807, 2.05) is 41.7 Å². The van der Waals surface area contributed by atoms with Gasteiger partial charge >= 0.3 is 0 Å². The van der Waals surface area contributed by atoms with E-state index in [4.69, 9.17) is 23.9 Å². The molecule has 0 unspecified atom stereocenters. The number of rotatable bonds is 17. The highest BCUT2D eigenvalue weighted by Crippen LogP contribution is 2.42. The minimum absolute atomic E-state index is 0.0169. The van der Waals surface area contributed by atoms with Gasteiger partial charge in [-0.1, -0.05) is 58.4 Å².